The van der Waals surface area contributed by atoms with E-state index in [0.717, 1.165) is 11.5 Å². The molecule has 0 spiro atoms. The van der Waals surface area contributed by atoms with E-state index in [9.17, 15) is 4.79 Å². The van der Waals surface area contributed by atoms with E-state index >= 15 is 0 Å². The van der Waals surface area contributed by atoms with Gasteiger partial charge in [0.25, 0.3) is 5.91 Å². The number of hydrogen-bond acceptors (Lipinski definition) is 5. The van der Waals surface area contributed by atoms with E-state index in [4.69, 9.17) is 0 Å². The van der Waals surface area contributed by atoms with E-state index in [-0.39, 0.29) is 11.9 Å². The second-order valence-corrected chi connectivity index (χ2v) is 3.47. The predicted molar refractivity (Wildman–Crippen MR) is 50.8 cm³/mol. The van der Waals surface area contributed by atoms with Crippen LogP contribution < -0.4 is 10.6 Å². The van der Waals surface area contributed by atoms with Crippen molar-refractivity contribution in [1.29, 1.82) is 0 Å². The molecule has 72 valence electrons. The molecule has 0 bridgehead atoms. The summed E-state index contributed by atoms with van der Waals surface area (Å²) in [6, 6.07) is 0.268. The Hall–Kier alpha value is -1.01. The fourth-order valence-corrected chi connectivity index (χ4v) is 1.13. The van der Waals surface area contributed by atoms with Crippen LogP contribution in [0.5, 0.6) is 0 Å². The van der Waals surface area contributed by atoms with Crippen molar-refractivity contribution >= 4 is 17.4 Å². The molecule has 0 saturated carbocycles. The Balaban J connectivity index is 2.35. The number of rotatable bonds is 4. The number of aromatic nitrogens is 2. The summed E-state index contributed by atoms with van der Waals surface area (Å²) in [6.45, 7) is 2.60. The minimum Gasteiger partial charge on any atom is -0.350 e. The van der Waals surface area contributed by atoms with E-state index in [2.05, 4.69) is 20.2 Å². The maximum Gasteiger partial charge on any atom is 0.264 e. The van der Waals surface area contributed by atoms with Crippen LogP contribution in [0.25, 0.3) is 0 Å². The molecule has 1 aromatic heterocycles. The van der Waals surface area contributed by atoms with Crippen LogP contribution in [0.3, 0.4) is 0 Å². The van der Waals surface area contributed by atoms with Crippen LogP contribution >= 0.6 is 11.5 Å². The summed E-state index contributed by atoms with van der Waals surface area (Å²) in [5.41, 5.74) is 0. The molecule has 1 atom stereocenters. The van der Waals surface area contributed by atoms with Gasteiger partial charge in [-0.3, -0.25) is 4.79 Å². The van der Waals surface area contributed by atoms with Crippen LogP contribution in [0.15, 0.2) is 6.20 Å². The maximum atomic E-state index is 11.3. The van der Waals surface area contributed by atoms with Crippen molar-refractivity contribution < 1.29 is 4.79 Å². The van der Waals surface area contributed by atoms with Crippen molar-refractivity contribution in [2.24, 2.45) is 0 Å². The van der Waals surface area contributed by atoms with Crippen molar-refractivity contribution in [2.75, 3.05) is 13.6 Å². The molecule has 2 N–H and O–H groups in total. The van der Waals surface area contributed by atoms with Gasteiger partial charge in [-0.05, 0) is 25.5 Å². The minimum atomic E-state index is -0.114. The van der Waals surface area contributed by atoms with Gasteiger partial charge < -0.3 is 10.6 Å². The minimum absolute atomic E-state index is 0.114. The van der Waals surface area contributed by atoms with E-state index in [0.29, 0.717) is 11.4 Å². The first kappa shape index (κ1) is 10.1. The Labute approximate surface area is 80.7 Å². The molecule has 6 heteroatoms. The van der Waals surface area contributed by atoms with Gasteiger partial charge in [-0.15, -0.1) is 5.10 Å². The molecule has 13 heavy (non-hydrogen) atoms. The van der Waals surface area contributed by atoms with Crippen LogP contribution in [0.2, 0.25) is 0 Å². The fourth-order valence-electron chi connectivity index (χ4n) is 0.702. The van der Waals surface area contributed by atoms with Crippen LogP contribution in [0.1, 0.15) is 16.6 Å². The zero-order chi connectivity index (χ0) is 9.68. The first-order valence-corrected chi connectivity index (χ1v) is 4.74. The van der Waals surface area contributed by atoms with E-state index < -0.39 is 0 Å². The van der Waals surface area contributed by atoms with Gasteiger partial charge in [0.1, 0.15) is 4.88 Å². The largest absolute Gasteiger partial charge is 0.350 e. The van der Waals surface area contributed by atoms with Gasteiger partial charge in [0.05, 0.1) is 6.20 Å². The summed E-state index contributed by atoms with van der Waals surface area (Å²) in [5.74, 6) is -0.114. The smallest absolute Gasteiger partial charge is 0.264 e. The normalized spacial score (nSPS) is 12.5. The highest BCUT2D eigenvalue weighted by Gasteiger charge is 2.08. The number of carbonyl (C=O) groups excluding carboxylic acids is 1. The molecule has 0 radical (unpaired) electrons. The monoisotopic (exact) mass is 200 g/mol. The molecule has 1 rings (SSSR count). The zero-order valence-electron chi connectivity index (χ0n) is 7.57. The molecule has 0 aliphatic rings. The molecule has 1 heterocycles. The molecule has 0 aliphatic heterocycles. The Kier molecular flexibility index (Phi) is 3.78. The van der Waals surface area contributed by atoms with Gasteiger partial charge in [0.15, 0.2) is 0 Å². The number of likely N-dealkylation sites (N-methyl/N-ethyl adjacent to an activating group) is 1. The summed E-state index contributed by atoms with van der Waals surface area (Å²) in [4.78, 5) is 11.9. The molecular formula is C7H12N4OS. The number of hydrogen-bond donors (Lipinski definition) is 2. The van der Waals surface area contributed by atoms with Crippen molar-refractivity contribution in [3.8, 4) is 0 Å². The lowest BCUT2D eigenvalue weighted by atomic mass is 10.3. The highest BCUT2D eigenvalue weighted by Crippen LogP contribution is 2.00. The Morgan fingerprint density at radius 3 is 3.08 bits per heavy atom. The highest BCUT2D eigenvalue weighted by molar-refractivity contribution is 7.07. The first-order valence-electron chi connectivity index (χ1n) is 3.97. The molecule has 0 saturated heterocycles. The lowest BCUT2D eigenvalue weighted by molar-refractivity contribution is 0.0954. The summed E-state index contributed by atoms with van der Waals surface area (Å²) >= 11 is 1.10. The predicted octanol–water partition coefficient (Wildman–Crippen LogP) is -0.124. The average molecular weight is 200 g/mol. The lowest BCUT2D eigenvalue weighted by Crippen LogP contribution is -2.36. The van der Waals surface area contributed by atoms with Crippen LogP contribution in [-0.4, -0.2) is 35.1 Å². The second-order valence-electron chi connectivity index (χ2n) is 2.68. The highest BCUT2D eigenvalue weighted by atomic mass is 32.1. The third-order valence-corrected chi connectivity index (χ3v) is 2.31. The Bertz CT molecular complexity index is 261. The molecule has 0 fully saturated rings. The topological polar surface area (TPSA) is 66.9 Å². The Morgan fingerprint density at radius 1 is 1.77 bits per heavy atom. The number of amides is 1. The summed E-state index contributed by atoms with van der Waals surface area (Å²) in [7, 11) is 1.85. The molecule has 1 aromatic rings. The molecule has 5 nitrogen and oxygen atoms in total. The number of nitrogens with one attached hydrogen (secondary N) is 2. The standard InChI is InChI=1S/C7H12N4OS/c1-5(8-2)3-9-7(12)6-4-10-11-13-6/h4-5,8H,3H2,1-2H3,(H,9,12). The summed E-state index contributed by atoms with van der Waals surface area (Å²) in [6.07, 6.45) is 1.46. The summed E-state index contributed by atoms with van der Waals surface area (Å²) in [5, 5.41) is 9.37. The quantitative estimate of drug-likeness (QED) is 0.711. The van der Waals surface area contributed by atoms with Crippen molar-refractivity contribution in [1.82, 2.24) is 20.2 Å². The van der Waals surface area contributed by atoms with Gasteiger partial charge in [-0.2, -0.15) is 0 Å². The molecule has 1 unspecified atom stereocenters. The van der Waals surface area contributed by atoms with Crippen LogP contribution in [0, 0.1) is 0 Å². The average Bonchev–Trinajstić information content (AvgIpc) is 2.66. The fraction of sp³-hybridized carbons (Fsp3) is 0.571. The zero-order valence-corrected chi connectivity index (χ0v) is 8.39. The lowest BCUT2D eigenvalue weighted by Gasteiger charge is -2.09. The third kappa shape index (κ3) is 3.08. The van der Waals surface area contributed by atoms with Gasteiger partial charge in [0, 0.05) is 12.6 Å². The van der Waals surface area contributed by atoms with Gasteiger partial charge in [-0.25, -0.2) is 0 Å². The van der Waals surface area contributed by atoms with Crippen LogP contribution in [-0.2, 0) is 0 Å². The van der Waals surface area contributed by atoms with Crippen molar-refractivity contribution in [3.63, 3.8) is 0 Å². The van der Waals surface area contributed by atoms with Gasteiger partial charge in [0.2, 0.25) is 0 Å². The van der Waals surface area contributed by atoms with Crippen molar-refractivity contribution in [2.45, 2.75) is 13.0 Å². The van der Waals surface area contributed by atoms with Crippen LogP contribution in [0.4, 0.5) is 0 Å². The van der Waals surface area contributed by atoms with Gasteiger partial charge in [-0.1, -0.05) is 4.49 Å². The molecule has 0 aromatic carbocycles. The molecular weight excluding hydrogens is 188 g/mol. The number of carbonyl (C=O) groups is 1. The SMILES string of the molecule is CNC(C)CNC(=O)c1cnns1. The van der Waals surface area contributed by atoms with Crippen molar-refractivity contribution in [3.05, 3.63) is 11.1 Å². The second kappa shape index (κ2) is 4.88. The Morgan fingerprint density at radius 2 is 2.54 bits per heavy atom. The maximum absolute atomic E-state index is 11.3. The molecule has 0 aliphatic carbocycles. The van der Waals surface area contributed by atoms with Gasteiger partial charge >= 0.3 is 0 Å². The first-order chi connectivity index (χ1) is 6.24. The van der Waals surface area contributed by atoms with E-state index in [1.807, 2.05) is 14.0 Å². The summed E-state index contributed by atoms with van der Waals surface area (Å²) < 4.78 is 3.61. The number of nitrogens with zero attached hydrogens (tertiary/aromatic N) is 2. The third-order valence-electron chi connectivity index (χ3n) is 1.65. The van der Waals surface area contributed by atoms with E-state index in [1.54, 1.807) is 0 Å². The molecule has 1 amide bonds. The van der Waals surface area contributed by atoms with E-state index in [1.165, 1.54) is 6.20 Å².